The Balaban J connectivity index is 1.74. The first-order valence-electron chi connectivity index (χ1n) is 8.53. The number of nitrogens with zero attached hydrogens (tertiary/aromatic N) is 3. The SMILES string of the molecule is Cc1ccc(C)c(-n2c(C)nnc2SCC(=O)Nc2ccc(Br)c(C)c2)c1. The molecule has 2 aromatic carbocycles. The van der Waals surface area contributed by atoms with Crippen LogP contribution in [0.1, 0.15) is 22.5 Å². The van der Waals surface area contributed by atoms with E-state index in [1.54, 1.807) is 0 Å². The van der Waals surface area contributed by atoms with Crippen molar-refractivity contribution < 1.29 is 4.79 Å². The standard InChI is InChI=1S/C20H21BrN4OS/c1-12-5-6-13(2)18(9-12)25-15(4)23-24-20(25)27-11-19(26)22-16-7-8-17(21)14(3)10-16/h5-10H,11H2,1-4H3,(H,22,26). The monoisotopic (exact) mass is 444 g/mol. The third kappa shape index (κ3) is 4.59. The number of aryl methyl sites for hydroxylation is 4. The van der Waals surface area contributed by atoms with Gasteiger partial charge < -0.3 is 5.32 Å². The molecule has 1 amide bonds. The molecule has 0 unspecified atom stereocenters. The summed E-state index contributed by atoms with van der Waals surface area (Å²) in [4.78, 5) is 12.4. The number of carbonyl (C=O) groups is 1. The highest BCUT2D eigenvalue weighted by molar-refractivity contribution is 9.10. The number of anilines is 1. The minimum absolute atomic E-state index is 0.0742. The number of rotatable bonds is 5. The number of amides is 1. The zero-order valence-electron chi connectivity index (χ0n) is 15.7. The average molecular weight is 445 g/mol. The fourth-order valence-electron chi connectivity index (χ4n) is 2.72. The van der Waals surface area contributed by atoms with E-state index in [4.69, 9.17) is 0 Å². The number of hydrogen-bond donors (Lipinski definition) is 1. The van der Waals surface area contributed by atoms with Gasteiger partial charge >= 0.3 is 0 Å². The summed E-state index contributed by atoms with van der Waals surface area (Å²) in [5, 5.41) is 12.1. The molecule has 0 aliphatic carbocycles. The summed E-state index contributed by atoms with van der Waals surface area (Å²) >= 11 is 4.85. The van der Waals surface area contributed by atoms with Gasteiger partial charge in [-0.25, -0.2) is 0 Å². The fourth-order valence-corrected chi connectivity index (χ4v) is 3.76. The molecule has 3 aromatic rings. The van der Waals surface area contributed by atoms with Gasteiger partial charge in [-0.3, -0.25) is 9.36 Å². The van der Waals surface area contributed by atoms with E-state index >= 15 is 0 Å². The number of benzene rings is 2. The first-order chi connectivity index (χ1) is 12.8. The molecule has 0 saturated carbocycles. The van der Waals surface area contributed by atoms with Crippen LogP contribution in [0.25, 0.3) is 5.69 Å². The minimum Gasteiger partial charge on any atom is -0.325 e. The van der Waals surface area contributed by atoms with Gasteiger partial charge in [0.05, 0.1) is 11.4 Å². The van der Waals surface area contributed by atoms with Crippen molar-refractivity contribution in [3.05, 3.63) is 63.4 Å². The van der Waals surface area contributed by atoms with Crippen LogP contribution in [0.4, 0.5) is 5.69 Å². The molecule has 5 nitrogen and oxygen atoms in total. The maximum atomic E-state index is 12.4. The van der Waals surface area contributed by atoms with Crippen molar-refractivity contribution in [3.8, 4) is 5.69 Å². The molecule has 0 spiro atoms. The highest BCUT2D eigenvalue weighted by atomic mass is 79.9. The predicted octanol–water partition coefficient (Wildman–Crippen LogP) is 4.99. The van der Waals surface area contributed by atoms with Gasteiger partial charge in [-0.15, -0.1) is 10.2 Å². The summed E-state index contributed by atoms with van der Waals surface area (Å²) in [6.07, 6.45) is 0. The lowest BCUT2D eigenvalue weighted by Crippen LogP contribution is -2.14. The van der Waals surface area contributed by atoms with E-state index in [0.29, 0.717) is 5.16 Å². The molecule has 140 valence electrons. The van der Waals surface area contributed by atoms with Crippen molar-refractivity contribution in [2.75, 3.05) is 11.1 Å². The summed E-state index contributed by atoms with van der Waals surface area (Å²) < 4.78 is 3.02. The van der Waals surface area contributed by atoms with Gasteiger partial charge in [-0.05, 0) is 68.7 Å². The van der Waals surface area contributed by atoms with E-state index in [1.807, 2.05) is 36.6 Å². The second kappa shape index (κ2) is 8.27. The van der Waals surface area contributed by atoms with Crippen molar-refractivity contribution >= 4 is 39.3 Å². The fraction of sp³-hybridized carbons (Fsp3) is 0.250. The topological polar surface area (TPSA) is 59.8 Å². The van der Waals surface area contributed by atoms with Crippen molar-refractivity contribution in [2.45, 2.75) is 32.9 Å². The van der Waals surface area contributed by atoms with Crippen molar-refractivity contribution in [1.82, 2.24) is 14.8 Å². The van der Waals surface area contributed by atoms with Gasteiger partial charge in [0.1, 0.15) is 5.82 Å². The lowest BCUT2D eigenvalue weighted by Gasteiger charge is -2.12. The molecule has 0 atom stereocenters. The Bertz CT molecular complexity index is 1000. The number of carbonyl (C=O) groups excluding carboxylic acids is 1. The maximum absolute atomic E-state index is 12.4. The summed E-state index contributed by atoms with van der Waals surface area (Å²) in [7, 11) is 0. The maximum Gasteiger partial charge on any atom is 0.234 e. The quantitative estimate of drug-likeness (QED) is 0.562. The molecule has 3 rings (SSSR count). The van der Waals surface area contributed by atoms with Crippen LogP contribution in [0.15, 0.2) is 46.0 Å². The first-order valence-corrected chi connectivity index (χ1v) is 10.3. The number of nitrogens with one attached hydrogen (secondary N) is 1. The highest BCUT2D eigenvalue weighted by Gasteiger charge is 2.15. The molecule has 0 aliphatic heterocycles. The van der Waals surface area contributed by atoms with Crippen LogP contribution >= 0.6 is 27.7 Å². The van der Waals surface area contributed by atoms with Crippen LogP contribution in [0.3, 0.4) is 0 Å². The Morgan fingerprint density at radius 2 is 1.85 bits per heavy atom. The van der Waals surface area contributed by atoms with E-state index < -0.39 is 0 Å². The second-order valence-electron chi connectivity index (χ2n) is 6.46. The number of thioether (sulfide) groups is 1. The number of aromatic nitrogens is 3. The van der Waals surface area contributed by atoms with Gasteiger partial charge in [0.15, 0.2) is 5.16 Å². The molecule has 1 aromatic heterocycles. The van der Waals surface area contributed by atoms with Gasteiger partial charge in [-0.1, -0.05) is 39.8 Å². The third-order valence-electron chi connectivity index (χ3n) is 4.17. The largest absolute Gasteiger partial charge is 0.325 e. The third-order valence-corrected chi connectivity index (χ3v) is 5.99. The molecule has 0 saturated heterocycles. The van der Waals surface area contributed by atoms with Gasteiger partial charge in [-0.2, -0.15) is 0 Å². The van der Waals surface area contributed by atoms with Gasteiger partial charge in [0.25, 0.3) is 0 Å². The van der Waals surface area contributed by atoms with Crippen LogP contribution < -0.4 is 5.32 Å². The van der Waals surface area contributed by atoms with Crippen LogP contribution in [-0.4, -0.2) is 26.4 Å². The molecule has 0 fully saturated rings. The smallest absolute Gasteiger partial charge is 0.234 e. The Morgan fingerprint density at radius 1 is 1.07 bits per heavy atom. The average Bonchev–Trinajstić information content (AvgIpc) is 2.99. The number of hydrogen-bond acceptors (Lipinski definition) is 4. The van der Waals surface area contributed by atoms with E-state index in [-0.39, 0.29) is 11.7 Å². The molecule has 27 heavy (non-hydrogen) atoms. The van der Waals surface area contributed by atoms with Crippen LogP contribution in [0.2, 0.25) is 0 Å². The molecule has 0 radical (unpaired) electrons. The highest BCUT2D eigenvalue weighted by Crippen LogP contribution is 2.25. The van der Waals surface area contributed by atoms with E-state index in [9.17, 15) is 4.79 Å². The van der Waals surface area contributed by atoms with Crippen LogP contribution in [0, 0.1) is 27.7 Å². The van der Waals surface area contributed by atoms with Crippen molar-refractivity contribution in [2.24, 2.45) is 0 Å². The Kier molecular flexibility index (Phi) is 6.01. The van der Waals surface area contributed by atoms with Gasteiger partial charge in [0, 0.05) is 10.2 Å². The molecular formula is C20H21BrN4OS. The molecule has 0 aliphatic rings. The summed E-state index contributed by atoms with van der Waals surface area (Å²) in [6.45, 7) is 8.03. The van der Waals surface area contributed by atoms with Crippen LogP contribution in [0.5, 0.6) is 0 Å². The lowest BCUT2D eigenvalue weighted by atomic mass is 10.1. The minimum atomic E-state index is -0.0742. The molecule has 7 heteroatoms. The normalized spacial score (nSPS) is 10.9. The molecular weight excluding hydrogens is 424 g/mol. The summed E-state index contributed by atoms with van der Waals surface area (Å²) in [5.74, 6) is 0.989. The lowest BCUT2D eigenvalue weighted by molar-refractivity contribution is -0.113. The number of halogens is 1. The summed E-state index contributed by atoms with van der Waals surface area (Å²) in [5.41, 5.74) is 5.21. The molecule has 0 bridgehead atoms. The second-order valence-corrected chi connectivity index (χ2v) is 8.25. The zero-order chi connectivity index (χ0) is 19.6. The molecule has 1 N–H and O–H groups in total. The predicted molar refractivity (Wildman–Crippen MR) is 114 cm³/mol. The van der Waals surface area contributed by atoms with Crippen molar-refractivity contribution in [3.63, 3.8) is 0 Å². The zero-order valence-corrected chi connectivity index (χ0v) is 18.1. The van der Waals surface area contributed by atoms with Crippen LogP contribution in [-0.2, 0) is 4.79 Å². The van der Waals surface area contributed by atoms with E-state index in [0.717, 1.165) is 32.8 Å². The van der Waals surface area contributed by atoms with E-state index in [2.05, 4.69) is 63.5 Å². The Morgan fingerprint density at radius 3 is 2.59 bits per heavy atom. The Labute approximate surface area is 171 Å². The molecule has 1 heterocycles. The van der Waals surface area contributed by atoms with E-state index in [1.165, 1.54) is 17.3 Å². The van der Waals surface area contributed by atoms with Gasteiger partial charge in [0.2, 0.25) is 5.91 Å². The van der Waals surface area contributed by atoms with Crippen molar-refractivity contribution in [1.29, 1.82) is 0 Å². The Hall–Kier alpha value is -2.12. The summed E-state index contributed by atoms with van der Waals surface area (Å²) in [6, 6.07) is 12.0. The first kappa shape index (κ1) is 19.6.